The standard InChI is InChI=1S/C18H24N2/c1-4-5-16-6-8-17(9-7-16)14(2)20-15(3)18-10-12-19-13-11-18/h6-15,20H,4-5H2,1-3H3. The summed E-state index contributed by atoms with van der Waals surface area (Å²) >= 11 is 0. The van der Waals surface area contributed by atoms with Crippen LogP contribution < -0.4 is 5.32 Å². The third-order valence-electron chi connectivity index (χ3n) is 3.72. The number of hydrogen-bond donors (Lipinski definition) is 1. The SMILES string of the molecule is CCCc1ccc(C(C)NC(C)c2ccncc2)cc1. The average Bonchev–Trinajstić information content (AvgIpc) is 2.49. The maximum Gasteiger partial charge on any atom is 0.0298 e. The lowest BCUT2D eigenvalue weighted by Crippen LogP contribution is -2.22. The van der Waals surface area contributed by atoms with Gasteiger partial charge in [-0.15, -0.1) is 0 Å². The van der Waals surface area contributed by atoms with Crippen molar-refractivity contribution in [2.75, 3.05) is 0 Å². The van der Waals surface area contributed by atoms with Crippen LogP contribution in [-0.2, 0) is 6.42 Å². The van der Waals surface area contributed by atoms with E-state index < -0.39 is 0 Å². The number of aryl methyl sites for hydroxylation is 1. The van der Waals surface area contributed by atoms with Gasteiger partial charge in [-0.1, -0.05) is 37.6 Å². The lowest BCUT2D eigenvalue weighted by molar-refractivity contribution is 0.494. The molecule has 2 atom stereocenters. The Balaban J connectivity index is 1.99. The van der Waals surface area contributed by atoms with E-state index in [0.717, 1.165) is 6.42 Å². The van der Waals surface area contributed by atoms with Crippen LogP contribution in [0.25, 0.3) is 0 Å². The zero-order chi connectivity index (χ0) is 14.4. The monoisotopic (exact) mass is 268 g/mol. The van der Waals surface area contributed by atoms with Crippen molar-refractivity contribution in [2.45, 2.75) is 45.7 Å². The molecule has 0 aliphatic rings. The lowest BCUT2D eigenvalue weighted by Gasteiger charge is -2.21. The summed E-state index contributed by atoms with van der Waals surface area (Å²) in [7, 11) is 0. The molecule has 0 saturated heterocycles. The zero-order valence-electron chi connectivity index (χ0n) is 12.6. The summed E-state index contributed by atoms with van der Waals surface area (Å²) in [5.41, 5.74) is 4.03. The Hall–Kier alpha value is -1.67. The summed E-state index contributed by atoms with van der Waals surface area (Å²) < 4.78 is 0. The largest absolute Gasteiger partial charge is 0.304 e. The van der Waals surface area contributed by atoms with Crippen molar-refractivity contribution in [3.05, 3.63) is 65.5 Å². The van der Waals surface area contributed by atoms with Crippen LogP contribution in [0, 0.1) is 0 Å². The molecule has 1 aromatic carbocycles. The van der Waals surface area contributed by atoms with Crippen molar-refractivity contribution in [1.82, 2.24) is 10.3 Å². The molecule has 0 aliphatic carbocycles. The van der Waals surface area contributed by atoms with Crippen LogP contribution >= 0.6 is 0 Å². The minimum atomic E-state index is 0.323. The molecule has 0 saturated carbocycles. The first kappa shape index (κ1) is 14.7. The predicted molar refractivity (Wildman–Crippen MR) is 84.6 cm³/mol. The highest BCUT2D eigenvalue weighted by Crippen LogP contribution is 2.19. The summed E-state index contributed by atoms with van der Waals surface area (Å²) in [6, 6.07) is 13.8. The van der Waals surface area contributed by atoms with Crippen molar-refractivity contribution in [3.63, 3.8) is 0 Å². The molecular weight excluding hydrogens is 244 g/mol. The second-order valence-corrected chi connectivity index (χ2v) is 5.38. The van der Waals surface area contributed by atoms with Gasteiger partial charge in [0.1, 0.15) is 0 Å². The van der Waals surface area contributed by atoms with Crippen molar-refractivity contribution in [2.24, 2.45) is 0 Å². The summed E-state index contributed by atoms with van der Waals surface area (Å²) in [5.74, 6) is 0. The molecule has 0 fully saturated rings. The Morgan fingerprint density at radius 3 is 2.00 bits per heavy atom. The van der Waals surface area contributed by atoms with Crippen molar-refractivity contribution < 1.29 is 0 Å². The van der Waals surface area contributed by atoms with E-state index in [1.807, 2.05) is 12.4 Å². The normalized spacial score (nSPS) is 13.9. The van der Waals surface area contributed by atoms with Gasteiger partial charge in [0.15, 0.2) is 0 Å². The number of aromatic nitrogens is 1. The van der Waals surface area contributed by atoms with Crippen LogP contribution in [0.5, 0.6) is 0 Å². The second kappa shape index (κ2) is 7.20. The minimum absolute atomic E-state index is 0.323. The number of hydrogen-bond acceptors (Lipinski definition) is 2. The molecule has 0 spiro atoms. The molecule has 2 rings (SSSR count). The molecule has 0 radical (unpaired) electrons. The zero-order valence-corrected chi connectivity index (χ0v) is 12.6. The van der Waals surface area contributed by atoms with E-state index in [1.54, 1.807) is 0 Å². The number of nitrogens with one attached hydrogen (secondary N) is 1. The molecule has 2 aromatic rings. The second-order valence-electron chi connectivity index (χ2n) is 5.38. The molecule has 0 amide bonds. The predicted octanol–water partition coefficient (Wildman–Crippen LogP) is 4.45. The van der Waals surface area contributed by atoms with E-state index in [4.69, 9.17) is 0 Å². The molecule has 0 bridgehead atoms. The lowest BCUT2D eigenvalue weighted by atomic mass is 10.0. The molecule has 1 aromatic heterocycles. The topological polar surface area (TPSA) is 24.9 Å². The third-order valence-corrected chi connectivity index (χ3v) is 3.72. The number of nitrogens with zero attached hydrogens (tertiary/aromatic N) is 1. The van der Waals surface area contributed by atoms with E-state index >= 15 is 0 Å². The highest BCUT2D eigenvalue weighted by molar-refractivity contribution is 5.25. The van der Waals surface area contributed by atoms with E-state index in [-0.39, 0.29) is 0 Å². The van der Waals surface area contributed by atoms with Crippen molar-refractivity contribution in [3.8, 4) is 0 Å². The van der Waals surface area contributed by atoms with Gasteiger partial charge in [-0.3, -0.25) is 4.98 Å². The van der Waals surface area contributed by atoms with E-state index in [1.165, 1.54) is 23.1 Å². The van der Waals surface area contributed by atoms with Crippen LogP contribution in [0.4, 0.5) is 0 Å². The maximum atomic E-state index is 4.06. The molecule has 1 heterocycles. The molecule has 20 heavy (non-hydrogen) atoms. The first-order valence-electron chi connectivity index (χ1n) is 7.45. The molecule has 106 valence electrons. The van der Waals surface area contributed by atoms with Gasteiger partial charge in [0.25, 0.3) is 0 Å². The molecule has 2 nitrogen and oxygen atoms in total. The maximum absolute atomic E-state index is 4.06. The van der Waals surface area contributed by atoms with Gasteiger partial charge in [0, 0.05) is 24.5 Å². The summed E-state index contributed by atoms with van der Waals surface area (Å²) in [4.78, 5) is 4.06. The number of pyridine rings is 1. The Kier molecular flexibility index (Phi) is 5.31. The highest BCUT2D eigenvalue weighted by atomic mass is 14.9. The summed E-state index contributed by atoms with van der Waals surface area (Å²) in [6.45, 7) is 6.62. The van der Waals surface area contributed by atoms with Crippen LogP contribution in [-0.4, -0.2) is 4.98 Å². The summed E-state index contributed by atoms with van der Waals surface area (Å²) in [6.07, 6.45) is 6.05. The van der Waals surface area contributed by atoms with Crippen molar-refractivity contribution >= 4 is 0 Å². The van der Waals surface area contributed by atoms with Crippen LogP contribution in [0.15, 0.2) is 48.8 Å². The Morgan fingerprint density at radius 1 is 0.900 bits per heavy atom. The Bertz CT molecular complexity index is 505. The number of rotatable bonds is 6. The van der Waals surface area contributed by atoms with Gasteiger partial charge in [0.2, 0.25) is 0 Å². The molecule has 0 aliphatic heterocycles. The quantitative estimate of drug-likeness (QED) is 0.837. The van der Waals surface area contributed by atoms with Crippen LogP contribution in [0.1, 0.15) is 56.0 Å². The van der Waals surface area contributed by atoms with E-state index in [0.29, 0.717) is 12.1 Å². The van der Waals surface area contributed by atoms with Crippen LogP contribution in [0.2, 0.25) is 0 Å². The first-order chi connectivity index (χ1) is 9.70. The Labute approximate surface area is 122 Å². The average molecular weight is 268 g/mol. The minimum Gasteiger partial charge on any atom is -0.304 e. The van der Waals surface area contributed by atoms with E-state index in [2.05, 4.69) is 67.5 Å². The van der Waals surface area contributed by atoms with E-state index in [9.17, 15) is 0 Å². The Morgan fingerprint density at radius 2 is 1.45 bits per heavy atom. The first-order valence-corrected chi connectivity index (χ1v) is 7.45. The van der Waals surface area contributed by atoms with Gasteiger partial charge in [-0.2, -0.15) is 0 Å². The van der Waals surface area contributed by atoms with Gasteiger partial charge in [-0.25, -0.2) is 0 Å². The fraction of sp³-hybridized carbons (Fsp3) is 0.389. The van der Waals surface area contributed by atoms with Gasteiger partial charge >= 0.3 is 0 Å². The van der Waals surface area contributed by atoms with Gasteiger partial charge < -0.3 is 5.32 Å². The molecule has 2 heteroatoms. The summed E-state index contributed by atoms with van der Waals surface area (Å²) in [5, 5.41) is 3.64. The van der Waals surface area contributed by atoms with Gasteiger partial charge in [-0.05, 0) is 49.1 Å². The fourth-order valence-electron chi connectivity index (χ4n) is 2.48. The number of benzene rings is 1. The molecule has 1 N–H and O–H groups in total. The van der Waals surface area contributed by atoms with Crippen LogP contribution in [0.3, 0.4) is 0 Å². The fourth-order valence-corrected chi connectivity index (χ4v) is 2.48. The molecular formula is C18H24N2. The highest BCUT2D eigenvalue weighted by Gasteiger charge is 2.10. The van der Waals surface area contributed by atoms with Gasteiger partial charge in [0.05, 0.1) is 0 Å². The third kappa shape index (κ3) is 3.91. The van der Waals surface area contributed by atoms with Crippen molar-refractivity contribution in [1.29, 1.82) is 0 Å². The smallest absolute Gasteiger partial charge is 0.0298 e. The molecule has 2 unspecified atom stereocenters.